The molecular formula is C25H17N3O6. The summed E-state index contributed by atoms with van der Waals surface area (Å²) in [7, 11) is 0. The fourth-order valence-corrected chi connectivity index (χ4v) is 3.58. The standard InChI is InChI=1S/C25H17N3O6/c1-14-6-9-22-18(12-14)27-25(34-22)17-8-7-15(13-20(17)29)26-24(30)23-11-10-21(33-23)16-4-2-3-5-19(16)28(31)32/h2-13,29H,1H3,(H,26,30). The number of furan rings is 1. The molecule has 0 saturated heterocycles. The number of carbonyl (C=O) groups is 1. The Labute approximate surface area is 192 Å². The molecule has 0 saturated carbocycles. The number of hydrogen-bond donors (Lipinski definition) is 2. The average Bonchev–Trinajstić information content (AvgIpc) is 3.46. The summed E-state index contributed by atoms with van der Waals surface area (Å²) in [6.07, 6.45) is 0. The number of rotatable bonds is 5. The topological polar surface area (TPSA) is 132 Å². The second-order valence-corrected chi connectivity index (χ2v) is 7.61. The van der Waals surface area contributed by atoms with Gasteiger partial charge in [-0.3, -0.25) is 14.9 Å². The second kappa shape index (κ2) is 8.21. The number of nitro benzene ring substituents is 1. The van der Waals surface area contributed by atoms with E-state index in [0.29, 0.717) is 22.4 Å². The van der Waals surface area contributed by atoms with Crippen LogP contribution in [-0.4, -0.2) is 20.9 Å². The average molecular weight is 455 g/mol. The van der Waals surface area contributed by atoms with Gasteiger partial charge in [0.1, 0.15) is 17.0 Å². The van der Waals surface area contributed by atoms with Gasteiger partial charge in [-0.25, -0.2) is 4.98 Å². The Hall–Kier alpha value is -4.92. The van der Waals surface area contributed by atoms with Gasteiger partial charge in [0.05, 0.1) is 16.1 Å². The molecule has 0 spiro atoms. The van der Waals surface area contributed by atoms with Crippen molar-refractivity contribution in [3.8, 4) is 28.5 Å². The van der Waals surface area contributed by atoms with Gasteiger partial charge in [-0.2, -0.15) is 0 Å². The lowest BCUT2D eigenvalue weighted by molar-refractivity contribution is -0.384. The molecule has 0 unspecified atom stereocenters. The summed E-state index contributed by atoms with van der Waals surface area (Å²) in [5.74, 6) is -0.278. The van der Waals surface area contributed by atoms with E-state index in [-0.39, 0.29) is 34.4 Å². The summed E-state index contributed by atoms with van der Waals surface area (Å²) in [5.41, 5.74) is 3.16. The molecule has 168 valence electrons. The van der Waals surface area contributed by atoms with E-state index in [1.54, 1.807) is 30.3 Å². The van der Waals surface area contributed by atoms with Crippen molar-refractivity contribution in [2.24, 2.45) is 0 Å². The molecule has 5 rings (SSSR count). The highest BCUT2D eigenvalue weighted by Crippen LogP contribution is 2.34. The van der Waals surface area contributed by atoms with E-state index < -0.39 is 10.8 Å². The number of aromatic hydroxyl groups is 1. The Kier molecular flexibility index (Phi) is 5.06. The number of phenols is 1. The van der Waals surface area contributed by atoms with E-state index in [0.717, 1.165) is 5.56 Å². The molecule has 0 bridgehead atoms. The lowest BCUT2D eigenvalue weighted by Gasteiger charge is -2.06. The van der Waals surface area contributed by atoms with Crippen molar-refractivity contribution in [1.82, 2.24) is 4.98 Å². The smallest absolute Gasteiger partial charge is 0.291 e. The molecule has 0 fully saturated rings. The number of fused-ring (bicyclic) bond motifs is 1. The third kappa shape index (κ3) is 3.86. The Bertz CT molecular complexity index is 1570. The molecule has 9 heteroatoms. The van der Waals surface area contributed by atoms with Gasteiger partial charge in [-0.1, -0.05) is 18.2 Å². The van der Waals surface area contributed by atoms with Gasteiger partial charge in [0.15, 0.2) is 11.3 Å². The van der Waals surface area contributed by atoms with Crippen molar-refractivity contribution in [3.05, 3.63) is 94.2 Å². The van der Waals surface area contributed by atoms with Crippen LogP contribution in [0.25, 0.3) is 33.9 Å². The van der Waals surface area contributed by atoms with Crippen molar-refractivity contribution in [1.29, 1.82) is 0 Å². The molecule has 0 atom stereocenters. The lowest BCUT2D eigenvalue weighted by atomic mass is 10.1. The number of amides is 1. The molecule has 0 aliphatic carbocycles. The number of nitro groups is 1. The predicted octanol–water partition coefficient (Wildman–Crippen LogP) is 5.93. The SMILES string of the molecule is Cc1ccc2oc(-c3ccc(NC(=O)c4ccc(-c5ccccc5[N+](=O)[O-])o4)cc3O)nc2c1. The van der Waals surface area contributed by atoms with Crippen LogP contribution in [0.15, 0.2) is 81.6 Å². The number of hydrogen-bond acceptors (Lipinski definition) is 7. The van der Waals surface area contributed by atoms with Crippen LogP contribution < -0.4 is 5.32 Å². The van der Waals surface area contributed by atoms with Crippen LogP contribution in [-0.2, 0) is 0 Å². The molecule has 0 aliphatic rings. The van der Waals surface area contributed by atoms with Gasteiger partial charge >= 0.3 is 0 Å². The highest BCUT2D eigenvalue weighted by molar-refractivity contribution is 6.03. The van der Waals surface area contributed by atoms with Crippen LogP contribution in [0.2, 0.25) is 0 Å². The van der Waals surface area contributed by atoms with Crippen LogP contribution in [0.4, 0.5) is 11.4 Å². The van der Waals surface area contributed by atoms with Crippen LogP contribution in [0, 0.1) is 17.0 Å². The minimum absolute atomic E-state index is 0.0361. The van der Waals surface area contributed by atoms with Gasteiger partial charge in [0.25, 0.3) is 11.6 Å². The number of anilines is 1. The highest BCUT2D eigenvalue weighted by Gasteiger charge is 2.20. The zero-order chi connectivity index (χ0) is 23.8. The first kappa shape index (κ1) is 21.0. The number of nitrogens with zero attached hydrogens (tertiary/aromatic N) is 2. The molecule has 0 radical (unpaired) electrons. The first-order valence-electron chi connectivity index (χ1n) is 10.2. The van der Waals surface area contributed by atoms with Gasteiger partial charge in [-0.05, 0) is 55.0 Å². The molecule has 2 aromatic heterocycles. The Morgan fingerprint density at radius 1 is 1.00 bits per heavy atom. The predicted molar refractivity (Wildman–Crippen MR) is 125 cm³/mol. The van der Waals surface area contributed by atoms with E-state index in [9.17, 15) is 20.0 Å². The largest absolute Gasteiger partial charge is 0.507 e. The number of aryl methyl sites for hydroxylation is 1. The zero-order valence-electron chi connectivity index (χ0n) is 17.8. The third-order valence-electron chi connectivity index (χ3n) is 5.23. The van der Waals surface area contributed by atoms with E-state index in [1.807, 2.05) is 25.1 Å². The van der Waals surface area contributed by atoms with Gasteiger partial charge < -0.3 is 19.3 Å². The van der Waals surface area contributed by atoms with Crippen molar-refractivity contribution >= 4 is 28.4 Å². The first-order chi connectivity index (χ1) is 16.4. The molecular weight excluding hydrogens is 438 g/mol. The molecule has 2 N–H and O–H groups in total. The molecule has 0 aliphatic heterocycles. The monoisotopic (exact) mass is 455 g/mol. The molecule has 1 amide bonds. The number of benzene rings is 3. The van der Waals surface area contributed by atoms with Crippen LogP contribution >= 0.6 is 0 Å². The highest BCUT2D eigenvalue weighted by atomic mass is 16.6. The summed E-state index contributed by atoms with van der Waals surface area (Å²) < 4.78 is 11.3. The van der Waals surface area contributed by atoms with E-state index in [1.165, 1.54) is 24.3 Å². The van der Waals surface area contributed by atoms with E-state index >= 15 is 0 Å². The van der Waals surface area contributed by atoms with E-state index in [4.69, 9.17) is 8.83 Å². The van der Waals surface area contributed by atoms with Crippen LogP contribution in [0.3, 0.4) is 0 Å². The molecule has 5 aromatic rings. The number of nitrogens with one attached hydrogen (secondary N) is 1. The molecule has 9 nitrogen and oxygen atoms in total. The minimum Gasteiger partial charge on any atom is -0.507 e. The van der Waals surface area contributed by atoms with Crippen LogP contribution in [0.5, 0.6) is 5.75 Å². The Morgan fingerprint density at radius 2 is 1.82 bits per heavy atom. The third-order valence-corrected chi connectivity index (χ3v) is 5.23. The fourth-order valence-electron chi connectivity index (χ4n) is 3.58. The Balaban J connectivity index is 1.37. The lowest BCUT2D eigenvalue weighted by Crippen LogP contribution is -2.10. The number of phenolic OH excluding ortho intramolecular Hbond substituents is 1. The summed E-state index contributed by atoms with van der Waals surface area (Å²) >= 11 is 0. The summed E-state index contributed by atoms with van der Waals surface area (Å²) in [4.78, 5) is 27.8. The summed E-state index contributed by atoms with van der Waals surface area (Å²) in [6.45, 7) is 1.95. The molecule has 34 heavy (non-hydrogen) atoms. The number of carbonyl (C=O) groups excluding carboxylic acids is 1. The van der Waals surface area contributed by atoms with Gasteiger partial charge in [0.2, 0.25) is 5.89 Å². The normalized spacial score (nSPS) is 11.0. The molecule has 2 heterocycles. The van der Waals surface area contributed by atoms with Crippen molar-refractivity contribution in [2.45, 2.75) is 6.92 Å². The van der Waals surface area contributed by atoms with Crippen molar-refractivity contribution in [3.63, 3.8) is 0 Å². The molecule has 3 aromatic carbocycles. The zero-order valence-corrected chi connectivity index (χ0v) is 17.8. The summed E-state index contributed by atoms with van der Waals surface area (Å²) in [6, 6.07) is 19.2. The van der Waals surface area contributed by atoms with Crippen molar-refractivity contribution in [2.75, 3.05) is 5.32 Å². The first-order valence-corrected chi connectivity index (χ1v) is 10.2. The maximum atomic E-state index is 12.6. The minimum atomic E-state index is -0.575. The Morgan fingerprint density at radius 3 is 2.62 bits per heavy atom. The maximum Gasteiger partial charge on any atom is 0.291 e. The van der Waals surface area contributed by atoms with Crippen LogP contribution in [0.1, 0.15) is 16.1 Å². The number of para-hydroxylation sites is 1. The summed E-state index contributed by atoms with van der Waals surface area (Å²) in [5, 5.41) is 24.4. The van der Waals surface area contributed by atoms with E-state index in [2.05, 4.69) is 10.3 Å². The van der Waals surface area contributed by atoms with Crippen molar-refractivity contribution < 1.29 is 23.7 Å². The fraction of sp³-hybridized carbons (Fsp3) is 0.0400. The number of aromatic nitrogens is 1. The van der Waals surface area contributed by atoms with Gasteiger partial charge in [0, 0.05) is 17.8 Å². The second-order valence-electron chi connectivity index (χ2n) is 7.61. The number of oxazole rings is 1. The maximum absolute atomic E-state index is 12.6. The quantitative estimate of drug-likeness (QED) is 0.248. The van der Waals surface area contributed by atoms with Gasteiger partial charge in [-0.15, -0.1) is 0 Å².